The largest absolute Gasteiger partial charge is 0.310 e. The van der Waals surface area contributed by atoms with E-state index >= 15 is 0 Å². The van der Waals surface area contributed by atoms with Gasteiger partial charge in [-0.1, -0.05) is 42.5 Å². The first-order chi connectivity index (χ1) is 16.6. The number of rotatable bonds is 7. The fourth-order valence-corrected chi connectivity index (χ4v) is 4.55. The Morgan fingerprint density at radius 2 is 1.74 bits per heavy atom. The molecule has 0 aliphatic carbocycles. The number of nitrogens with zero attached hydrogens (tertiary/aromatic N) is 3. The highest BCUT2D eigenvalue weighted by Crippen LogP contribution is 2.24. The summed E-state index contributed by atoms with van der Waals surface area (Å²) in [6, 6.07) is 18.8. The summed E-state index contributed by atoms with van der Waals surface area (Å²) in [5, 5.41) is 6.85. The third-order valence-electron chi connectivity index (χ3n) is 5.34. The highest BCUT2D eigenvalue weighted by atomic mass is 32.2. The molecule has 0 aliphatic rings. The van der Waals surface area contributed by atoms with Crippen LogP contribution in [-0.2, 0) is 21.1 Å². The summed E-state index contributed by atoms with van der Waals surface area (Å²) in [6.45, 7) is 4.95. The minimum Gasteiger partial charge on any atom is -0.310 e. The van der Waals surface area contributed by atoms with Crippen molar-refractivity contribution < 1.29 is 13.2 Å². The minimum atomic E-state index is -3.39. The molecule has 0 saturated heterocycles. The lowest BCUT2D eigenvalue weighted by Gasteiger charge is -2.10. The number of aryl methyl sites for hydroxylation is 1. The zero-order chi connectivity index (χ0) is 25.2. The Balaban J connectivity index is 1.62. The molecule has 10 heteroatoms. The molecule has 2 N–H and O–H groups in total. The first kappa shape index (κ1) is 24.1. The molecule has 1 amide bonds. The van der Waals surface area contributed by atoms with E-state index in [1.165, 1.54) is 22.9 Å². The summed E-state index contributed by atoms with van der Waals surface area (Å²) < 4.78 is 26.0. The number of aromatic nitrogens is 4. The van der Waals surface area contributed by atoms with Crippen molar-refractivity contribution >= 4 is 21.6 Å². The maximum atomic E-state index is 12.9. The standard InChI is InChI=1S/C25H25N5O4S/c1-16(2)35(33,34)20-11-9-18(10-12-20)14-24(32)27-22-15-21(19-7-5-4-6-8-19)29-30(22)25-26-17(3)13-23(31)28-25/h4-13,15-16H,14H2,1-3H3,(H,27,32)(H,26,28,31). The van der Waals surface area contributed by atoms with E-state index in [9.17, 15) is 18.0 Å². The van der Waals surface area contributed by atoms with Crippen molar-refractivity contribution in [3.8, 4) is 17.2 Å². The molecule has 9 nitrogen and oxygen atoms in total. The van der Waals surface area contributed by atoms with E-state index < -0.39 is 15.1 Å². The van der Waals surface area contributed by atoms with Crippen LogP contribution in [0.25, 0.3) is 17.2 Å². The Morgan fingerprint density at radius 3 is 2.37 bits per heavy atom. The van der Waals surface area contributed by atoms with Gasteiger partial charge in [0.15, 0.2) is 9.84 Å². The SMILES string of the molecule is Cc1cc(=O)[nH]c(-n2nc(-c3ccccc3)cc2NC(=O)Cc2ccc(S(=O)(=O)C(C)C)cc2)n1. The van der Waals surface area contributed by atoms with Crippen LogP contribution in [0, 0.1) is 6.92 Å². The van der Waals surface area contributed by atoms with Crippen molar-refractivity contribution in [3.63, 3.8) is 0 Å². The van der Waals surface area contributed by atoms with Crippen LogP contribution in [0.1, 0.15) is 25.1 Å². The van der Waals surface area contributed by atoms with Crippen LogP contribution in [0.4, 0.5) is 5.82 Å². The van der Waals surface area contributed by atoms with E-state index in [0.29, 0.717) is 22.8 Å². The summed E-state index contributed by atoms with van der Waals surface area (Å²) in [6.07, 6.45) is 0.0195. The van der Waals surface area contributed by atoms with Gasteiger partial charge in [0.25, 0.3) is 5.56 Å². The van der Waals surface area contributed by atoms with Gasteiger partial charge >= 0.3 is 0 Å². The van der Waals surface area contributed by atoms with Gasteiger partial charge in [-0.2, -0.15) is 9.78 Å². The van der Waals surface area contributed by atoms with Crippen LogP contribution in [0.2, 0.25) is 0 Å². The quantitative estimate of drug-likeness (QED) is 0.408. The molecule has 2 aromatic heterocycles. The number of anilines is 1. The second kappa shape index (κ2) is 9.67. The molecule has 35 heavy (non-hydrogen) atoms. The number of H-pyrrole nitrogens is 1. The molecule has 0 saturated carbocycles. The van der Waals surface area contributed by atoms with Gasteiger partial charge in [-0.05, 0) is 38.5 Å². The third kappa shape index (κ3) is 5.38. The molecule has 4 aromatic rings. The Kier molecular flexibility index (Phi) is 6.65. The van der Waals surface area contributed by atoms with Gasteiger partial charge in [0.2, 0.25) is 11.9 Å². The van der Waals surface area contributed by atoms with Gasteiger partial charge in [-0.15, -0.1) is 0 Å². The molecule has 180 valence electrons. The number of nitrogens with one attached hydrogen (secondary N) is 2. The molecule has 4 rings (SSSR count). The van der Waals surface area contributed by atoms with Crippen LogP contribution in [0.3, 0.4) is 0 Å². The fraction of sp³-hybridized carbons (Fsp3) is 0.200. The lowest BCUT2D eigenvalue weighted by Crippen LogP contribution is -2.20. The van der Waals surface area contributed by atoms with Gasteiger partial charge in [0.1, 0.15) is 5.82 Å². The number of hydrogen-bond donors (Lipinski definition) is 2. The lowest BCUT2D eigenvalue weighted by molar-refractivity contribution is -0.115. The summed E-state index contributed by atoms with van der Waals surface area (Å²) in [7, 11) is -3.39. The van der Waals surface area contributed by atoms with Crippen molar-refractivity contribution in [2.75, 3.05) is 5.32 Å². The van der Waals surface area contributed by atoms with Gasteiger partial charge in [-0.25, -0.2) is 13.4 Å². The van der Waals surface area contributed by atoms with E-state index in [1.807, 2.05) is 30.3 Å². The lowest BCUT2D eigenvalue weighted by atomic mass is 10.1. The summed E-state index contributed by atoms with van der Waals surface area (Å²) >= 11 is 0. The summed E-state index contributed by atoms with van der Waals surface area (Å²) in [5.41, 5.74) is 2.25. The predicted octanol–water partition coefficient (Wildman–Crippen LogP) is 3.29. The van der Waals surface area contributed by atoms with Gasteiger partial charge in [0, 0.05) is 23.4 Å². The number of hydrogen-bond acceptors (Lipinski definition) is 6. The van der Waals surface area contributed by atoms with Crippen molar-refractivity contribution in [2.24, 2.45) is 0 Å². The molecular weight excluding hydrogens is 466 g/mol. The van der Waals surface area contributed by atoms with E-state index in [-0.39, 0.29) is 28.7 Å². The second-order valence-electron chi connectivity index (χ2n) is 8.37. The zero-order valence-corrected chi connectivity index (χ0v) is 20.3. The predicted molar refractivity (Wildman–Crippen MR) is 133 cm³/mol. The third-order valence-corrected chi connectivity index (χ3v) is 7.51. The molecule has 0 radical (unpaired) electrons. The molecule has 0 spiro atoms. The average Bonchev–Trinajstić information content (AvgIpc) is 3.23. The van der Waals surface area contributed by atoms with Crippen molar-refractivity contribution in [3.05, 3.63) is 88.3 Å². The van der Waals surface area contributed by atoms with Crippen molar-refractivity contribution in [1.82, 2.24) is 19.7 Å². The van der Waals surface area contributed by atoms with Gasteiger partial charge in [-0.3, -0.25) is 14.6 Å². The number of carbonyl (C=O) groups excluding carboxylic acids is 1. The number of aromatic amines is 1. The first-order valence-electron chi connectivity index (χ1n) is 11.0. The smallest absolute Gasteiger partial charge is 0.252 e. The number of amides is 1. The van der Waals surface area contributed by atoms with Crippen LogP contribution in [0.5, 0.6) is 0 Å². The Morgan fingerprint density at radius 1 is 1.06 bits per heavy atom. The highest BCUT2D eigenvalue weighted by molar-refractivity contribution is 7.92. The molecular formula is C25H25N5O4S. The van der Waals surface area contributed by atoms with Gasteiger partial charge in [0.05, 0.1) is 22.3 Å². The Bertz CT molecular complexity index is 1520. The van der Waals surface area contributed by atoms with Gasteiger partial charge < -0.3 is 5.32 Å². The Labute approximate surface area is 202 Å². The second-order valence-corrected chi connectivity index (χ2v) is 10.9. The molecule has 0 fully saturated rings. The first-order valence-corrected chi connectivity index (χ1v) is 12.5. The summed E-state index contributed by atoms with van der Waals surface area (Å²) in [5.74, 6) is 0.178. The van der Waals surface area contributed by atoms with Crippen molar-refractivity contribution in [1.29, 1.82) is 0 Å². The van der Waals surface area contributed by atoms with E-state index in [0.717, 1.165) is 5.56 Å². The van der Waals surface area contributed by atoms with E-state index in [1.54, 1.807) is 39.0 Å². The maximum Gasteiger partial charge on any atom is 0.252 e. The monoisotopic (exact) mass is 491 g/mol. The van der Waals surface area contributed by atoms with Crippen LogP contribution in [0.15, 0.2) is 76.4 Å². The fourth-order valence-electron chi connectivity index (χ4n) is 3.49. The molecule has 0 bridgehead atoms. The Hall–Kier alpha value is -4.05. The van der Waals surface area contributed by atoms with Crippen LogP contribution >= 0.6 is 0 Å². The normalized spacial score (nSPS) is 11.5. The van der Waals surface area contributed by atoms with Crippen LogP contribution in [-0.4, -0.2) is 39.3 Å². The average molecular weight is 492 g/mol. The van der Waals surface area contributed by atoms with E-state index in [4.69, 9.17) is 0 Å². The topological polar surface area (TPSA) is 127 Å². The van der Waals surface area contributed by atoms with E-state index in [2.05, 4.69) is 20.4 Å². The number of carbonyl (C=O) groups is 1. The number of sulfone groups is 1. The molecule has 0 aliphatic heterocycles. The van der Waals surface area contributed by atoms with Crippen molar-refractivity contribution in [2.45, 2.75) is 37.3 Å². The van der Waals surface area contributed by atoms with Crippen LogP contribution < -0.4 is 10.9 Å². The molecule has 0 unspecified atom stereocenters. The molecule has 2 heterocycles. The molecule has 0 atom stereocenters. The maximum absolute atomic E-state index is 12.9. The summed E-state index contributed by atoms with van der Waals surface area (Å²) in [4.78, 5) is 32.1. The minimum absolute atomic E-state index is 0.0195. The number of benzene rings is 2. The zero-order valence-electron chi connectivity index (χ0n) is 19.5. The highest BCUT2D eigenvalue weighted by Gasteiger charge is 2.19. The molecule has 2 aromatic carbocycles.